The molecule has 5 nitrogen and oxygen atoms in total. The van der Waals surface area contributed by atoms with E-state index in [4.69, 9.17) is 0 Å². The van der Waals surface area contributed by atoms with Gasteiger partial charge in [-0.15, -0.1) is 0 Å². The summed E-state index contributed by atoms with van der Waals surface area (Å²) in [5.41, 5.74) is 1.73. The fourth-order valence-corrected chi connectivity index (χ4v) is 3.73. The van der Waals surface area contributed by atoms with Crippen LogP contribution in [-0.2, 0) is 4.79 Å². The molecule has 0 unspecified atom stereocenters. The van der Waals surface area contributed by atoms with Crippen molar-refractivity contribution in [3.63, 3.8) is 0 Å². The third-order valence-electron chi connectivity index (χ3n) is 5.25. The van der Waals surface area contributed by atoms with Crippen molar-refractivity contribution in [1.82, 2.24) is 10.6 Å². The second-order valence-corrected chi connectivity index (χ2v) is 7.15. The Labute approximate surface area is 148 Å². The number of halogens is 1. The smallest absolute Gasteiger partial charge is 0.237 e. The van der Waals surface area contributed by atoms with E-state index in [1.54, 1.807) is 6.07 Å². The number of carbonyl (C=O) groups excluding carboxylic acids is 1. The van der Waals surface area contributed by atoms with Crippen LogP contribution in [0.2, 0.25) is 0 Å². The third kappa shape index (κ3) is 4.50. The molecule has 1 aromatic rings. The Balaban J connectivity index is 1.73. The van der Waals surface area contributed by atoms with Gasteiger partial charge in [-0.25, -0.2) is 4.39 Å². The normalized spacial score (nSPS) is 23.3. The van der Waals surface area contributed by atoms with E-state index >= 15 is 0 Å². The van der Waals surface area contributed by atoms with Crippen LogP contribution in [0.5, 0.6) is 0 Å². The second kappa shape index (κ2) is 8.15. The van der Waals surface area contributed by atoms with Gasteiger partial charge in [0.15, 0.2) is 0 Å². The fourth-order valence-electron chi connectivity index (χ4n) is 3.73. The maximum absolute atomic E-state index is 13.8. The molecule has 0 saturated carbocycles. The largest absolute Gasteiger partial charge is 0.393 e. The minimum Gasteiger partial charge on any atom is -0.393 e. The van der Waals surface area contributed by atoms with Gasteiger partial charge < -0.3 is 20.6 Å². The molecule has 3 N–H and O–H groups in total. The van der Waals surface area contributed by atoms with E-state index in [1.165, 1.54) is 12.1 Å². The Kier molecular flexibility index (Phi) is 5.91. The molecular weight excluding hydrogens is 321 g/mol. The molecule has 138 valence electrons. The number of rotatable bonds is 4. The molecule has 0 aromatic heterocycles. The average Bonchev–Trinajstić information content (AvgIpc) is 2.63. The van der Waals surface area contributed by atoms with Crippen LogP contribution in [0.25, 0.3) is 0 Å². The topological polar surface area (TPSA) is 64.6 Å². The monoisotopic (exact) mass is 349 g/mol. The number of piperidine rings is 2. The van der Waals surface area contributed by atoms with Crippen molar-refractivity contribution < 1.29 is 14.3 Å². The minimum absolute atomic E-state index is 0.0172. The van der Waals surface area contributed by atoms with Crippen molar-refractivity contribution in [3.05, 3.63) is 29.6 Å². The van der Waals surface area contributed by atoms with Crippen molar-refractivity contribution in [2.75, 3.05) is 24.5 Å². The number of anilines is 1. The van der Waals surface area contributed by atoms with Crippen molar-refractivity contribution >= 4 is 11.6 Å². The first-order chi connectivity index (χ1) is 12.0. The molecule has 3 rings (SSSR count). The number of benzene rings is 1. The number of nitrogens with one attached hydrogen (secondary N) is 2. The number of aliphatic hydroxyl groups is 1. The first-order valence-corrected chi connectivity index (χ1v) is 9.31. The average molecular weight is 349 g/mol. The Morgan fingerprint density at radius 1 is 1.32 bits per heavy atom. The predicted octanol–water partition coefficient (Wildman–Crippen LogP) is 2.11. The summed E-state index contributed by atoms with van der Waals surface area (Å²) in [6.07, 6.45) is 4.18. The quantitative estimate of drug-likeness (QED) is 0.779. The molecule has 0 bridgehead atoms. The Morgan fingerprint density at radius 2 is 2.08 bits per heavy atom. The zero-order valence-corrected chi connectivity index (χ0v) is 14.8. The third-order valence-corrected chi connectivity index (χ3v) is 5.25. The molecule has 2 aliphatic heterocycles. The first kappa shape index (κ1) is 18.1. The van der Waals surface area contributed by atoms with Gasteiger partial charge in [-0.05, 0) is 57.4 Å². The maximum Gasteiger partial charge on any atom is 0.237 e. The molecule has 25 heavy (non-hydrogen) atoms. The highest BCUT2D eigenvalue weighted by molar-refractivity contribution is 5.82. The van der Waals surface area contributed by atoms with Crippen LogP contribution in [0.4, 0.5) is 10.1 Å². The van der Waals surface area contributed by atoms with Gasteiger partial charge in [0, 0.05) is 24.3 Å². The van der Waals surface area contributed by atoms with Gasteiger partial charge >= 0.3 is 0 Å². The number of nitrogens with zero attached hydrogens (tertiary/aromatic N) is 1. The molecule has 6 heteroatoms. The van der Waals surface area contributed by atoms with E-state index in [0.29, 0.717) is 12.8 Å². The standard InChI is InChI=1S/C19H28FN3O2/c1-13(22-19(25)17-4-2-3-9-21-17)16-12-14(20)5-6-18(16)23-10-7-15(24)8-11-23/h5-6,12-13,15,17,21,24H,2-4,7-11H2,1H3,(H,22,25)/t13-,17+/m0/s1. The lowest BCUT2D eigenvalue weighted by atomic mass is 10.00. The van der Waals surface area contributed by atoms with Gasteiger partial charge in [-0.3, -0.25) is 4.79 Å². The van der Waals surface area contributed by atoms with Crippen LogP contribution < -0.4 is 15.5 Å². The van der Waals surface area contributed by atoms with Gasteiger partial charge in [0.05, 0.1) is 18.2 Å². The molecule has 2 atom stereocenters. The van der Waals surface area contributed by atoms with E-state index in [2.05, 4.69) is 15.5 Å². The van der Waals surface area contributed by atoms with Crippen molar-refractivity contribution in [2.24, 2.45) is 0 Å². The molecule has 0 spiro atoms. The van der Waals surface area contributed by atoms with Gasteiger partial charge in [-0.2, -0.15) is 0 Å². The number of aliphatic hydroxyl groups excluding tert-OH is 1. The highest BCUT2D eigenvalue weighted by Gasteiger charge is 2.25. The Bertz CT molecular complexity index is 596. The maximum atomic E-state index is 13.8. The number of hydrogen-bond donors (Lipinski definition) is 3. The van der Waals surface area contributed by atoms with Crippen LogP contribution in [0.15, 0.2) is 18.2 Å². The summed E-state index contributed by atoms with van der Waals surface area (Å²) in [4.78, 5) is 14.7. The van der Waals surface area contributed by atoms with Gasteiger partial charge in [0.2, 0.25) is 5.91 Å². The lowest BCUT2D eigenvalue weighted by Gasteiger charge is -2.34. The highest BCUT2D eigenvalue weighted by Crippen LogP contribution is 2.30. The van der Waals surface area contributed by atoms with Crippen molar-refractivity contribution in [1.29, 1.82) is 0 Å². The molecular formula is C19H28FN3O2. The van der Waals surface area contributed by atoms with Gasteiger partial charge in [0.1, 0.15) is 5.82 Å². The molecule has 1 aromatic carbocycles. The summed E-state index contributed by atoms with van der Waals surface area (Å²) in [6.45, 7) is 4.25. The van der Waals surface area contributed by atoms with Crippen LogP contribution in [-0.4, -0.2) is 42.8 Å². The van der Waals surface area contributed by atoms with E-state index in [1.807, 2.05) is 6.92 Å². The highest BCUT2D eigenvalue weighted by atomic mass is 19.1. The molecule has 1 amide bonds. The first-order valence-electron chi connectivity index (χ1n) is 9.31. The summed E-state index contributed by atoms with van der Waals surface area (Å²) in [6, 6.07) is 4.33. The SMILES string of the molecule is C[C@H](NC(=O)[C@H]1CCCCN1)c1cc(F)ccc1N1CCC(O)CC1. The number of hydrogen-bond acceptors (Lipinski definition) is 4. The molecule has 0 aliphatic carbocycles. The van der Waals surface area contributed by atoms with E-state index in [9.17, 15) is 14.3 Å². The lowest BCUT2D eigenvalue weighted by molar-refractivity contribution is -0.124. The Morgan fingerprint density at radius 3 is 2.76 bits per heavy atom. The summed E-state index contributed by atoms with van der Waals surface area (Å²) >= 11 is 0. The number of amides is 1. The molecule has 2 aliphatic rings. The van der Waals surface area contributed by atoms with Gasteiger partial charge in [-0.1, -0.05) is 6.42 Å². The summed E-state index contributed by atoms with van der Waals surface area (Å²) in [5.74, 6) is -0.316. The summed E-state index contributed by atoms with van der Waals surface area (Å²) in [7, 11) is 0. The van der Waals surface area contributed by atoms with E-state index < -0.39 is 0 Å². The Hall–Kier alpha value is -1.66. The zero-order valence-electron chi connectivity index (χ0n) is 14.8. The summed E-state index contributed by atoms with van der Waals surface area (Å²) in [5, 5.41) is 16.0. The molecule has 2 heterocycles. The number of carbonyl (C=O) groups is 1. The van der Waals surface area contributed by atoms with E-state index in [-0.39, 0.29) is 29.9 Å². The predicted molar refractivity (Wildman–Crippen MR) is 96.1 cm³/mol. The van der Waals surface area contributed by atoms with Crippen molar-refractivity contribution in [3.8, 4) is 0 Å². The minimum atomic E-state index is -0.298. The fraction of sp³-hybridized carbons (Fsp3) is 0.632. The summed E-state index contributed by atoms with van der Waals surface area (Å²) < 4.78 is 13.8. The second-order valence-electron chi connectivity index (χ2n) is 7.15. The van der Waals surface area contributed by atoms with Crippen LogP contribution in [0.3, 0.4) is 0 Å². The molecule has 2 saturated heterocycles. The van der Waals surface area contributed by atoms with Crippen LogP contribution in [0.1, 0.15) is 50.6 Å². The van der Waals surface area contributed by atoms with Gasteiger partial charge in [0.25, 0.3) is 0 Å². The van der Waals surface area contributed by atoms with Crippen LogP contribution in [0, 0.1) is 5.82 Å². The molecule has 2 fully saturated rings. The van der Waals surface area contributed by atoms with Crippen molar-refractivity contribution in [2.45, 2.75) is 57.2 Å². The zero-order chi connectivity index (χ0) is 17.8. The van der Waals surface area contributed by atoms with Crippen LogP contribution >= 0.6 is 0 Å². The molecule has 0 radical (unpaired) electrons. The lowest BCUT2D eigenvalue weighted by Crippen LogP contribution is -2.47. The van der Waals surface area contributed by atoms with E-state index in [0.717, 1.165) is 50.1 Å².